The Morgan fingerprint density at radius 2 is 2.03 bits per heavy atom. The van der Waals surface area contributed by atoms with E-state index in [2.05, 4.69) is 15.5 Å². The number of nitrogens with zero attached hydrogens (tertiary/aromatic N) is 3. The molecule has 0 radical (unpaired) electrons. The third-order valence-electron chi connectivity index (χ3n) is 4.05. The van der Waals surface area contributed by atoms with Gasteiger partial charge in [-0.2, -0.15) is 0 Å². The van der Waals surface area contributed by atoms with Crippen LogP contribution in [0, 0.1) is 13.8 Å². The van der Waals surface area contributed by atoms with E-state index in [1.165, 1.54) is 23.1 Å². The zero-order valence-electron chi connectivity index (χ0n) is 16.7. The van der Waals surface area contributed by atoms with Crippen molar-refractivity contribution in [3.05, 3.63) is 46.3 Å². The quantitative estimate of drug-likeness (QED) is 0.449. The van der Waals surface area contributed by atoms with Gasteiger partial charge in [0.2, 0.25) is 5.91 Å². The van der Waals surface area contributed by atoms with E-state index in [-0.39, 0.29) is 18.3 Å². The van der Waals surface area contributed by atoms with Crippen LogP contribution in [-0.2, 0) is 16.6 Å². The van der Waals surface area contributed by atoms with Gasteiger partial charge in [0.1, 0.15) is 5.00 Å². The number of nitrogens with one attached hydrogen (secondary N) is 1. The molecule has 152 valence electrons. The molecule has 2 aromatic heterocycles. The standard InChI is InChI=1S/C20H22N4O3S2/c1-5-27-19(26)15-10-13(3)29-18(15)21-16(25)11-28-20-23-22-17(24(20)4)14-8-6-7-12(2)9-14/h6-10H,5,11H2,1-4H3,(H,21,25). The maximum Gasteiger partial charge on any atom is 0.341 e. The predicted molar refractivity (Wildman–Crippen MR) is 116 cm³/mol. The van der Waals surface area contributed by atoms with Crippen LogP contribution in [0.1, 0.15) is 27.7 Å². The van der Waals surface area contributed by atoms with Gasteiger partial charge in [-0.3, -0.25) is 4.79 Å². The van der Waals surface area contributed by atoms with Crippen LogP contribution < -0.4 is 5.32 Å². The fourth-order valence-corrected chi connectivity index (χ4v) is 4.36. The van der Waals surface area contributed by atoms with Crippen molar-refractivity contribution < 1.29 is 14.3 Å². The number of aryl methyl sites for hydroxylation is 2. The Morgan fingerprint density at radius 3 is 2.76 bits per heavy atom. The maximum atomic E-state index is 12.4. The monoisotopic (exact) mass is 430 g/mol. The van der Waals surface area contributed by atoms with Gasteiger partial charge in [0.25, 0.3) is 0 Å². The number of carbonyl (C=O) groups excluding carboxylic acids is 2. The van der Waals surface area contributed by atoms with E-state index in [1.807, 2.05) is 49.7 Å². The molecular weight excluding hydrogens is 408 g/mol. The number of thiophene rings is 1. The smallest absolute Gasteiger partial charge is 0.341 e. The van der Waals surface area contributed by atoms with Gasteiger partial charge in [-0.25, -0.2) is 4.79 Å². The van der Waals surface area contributed by atoms with Gasteiger partial charge < -0.3 is 14.6 Å². The minimum absolute atomic E-state index is 0.152. The van der Waals surface area contributed by atoms with Crippen LogP contribution in [0.3, 0.4) is 0 Å². The summed E-state index contributed by atoms with van der Waals surface area (Å²) in [4.78, 5) is 25.4. The molecule has 1 N–H and O–H groups in total. The van der Waals surface area contributed by atoms with Crippen LogP contribution in [0.4, 0.5) is 5.00 Å². The number of esters is 1. The molecule has 0 aliphatic rings. The summed E-state index contributed by atoms with van der Waals surface area (Å²) >= 11 is 2.64. The van der Waals surface area contributed by atoms with E-state index in [9.17, 15) is 9.59 Å². The number of aromatic nitrogens is 3. The Balaban J connectivity index is 1.66. The molecule has 3 aromatic rings. The van der Waals surface area contributed by atoms with Crippen molar-refractivity contribution in [2.45, 2.75) is 25.9 Å². The zero-order valence-corrected chi connectivity index (χ0v) is 18.3. The molecule has 2 heterocycles. The highest BCUT2D eigenvalue weighted by atomic mass is 32.2. The number of hydrogen-bond donors (Lipinski definition) is 1. The second-order valence-corrected chi connectivity index (χ2v) is 8.59. The number of thioether (sulfide) groups is 1. The molecular formula is C20H22N4O3S2. The van der Waals surface area contributed by atoms with Crippen molar-refractivity contribution in [3.63, 3.8) is 0 Å². The SMILES string of the molecule is CCOC(=O)c1cc(C)sc1NC(=O)CSc1nnc(-c2cccc(C)c2)n1C. The fourth-order valence-electron chi connectivity index (χ4n) is 2.74. The minimum Gasteiger partial charge on any atom is -0.462 e. The van der Waals surface area contributed by atoms with Crippen LogP contribution in [0.2, 0.25) is 0 Å². The first-order valence-corrected chi connectivity index (χ1v) is 10.9. The number of carbonyl (C=O) groups is 2. The Morgan fingerprint density at radius 1 is 1.24 bits per heavy atom. The highest BCUT2D eigenvalue weighted by molar-refractivity contribution is 7.99. The molecule has 0 saturated heterocycles. The molecule has 3 rings (SSSR count). The molecule has 0 fully saturated rings. The summed E-state index contributed by atoms with van der Waals surface area (Å²) in [5.74, 6) is 0.243. The van der Waals surface area contributed by atoms with E-state index in [0.717, 1.165) is 21.8 Å². The topological polar surface area (TPSA) is 86.1 Å². The second-order valence-electron chi connectivity index (χ2n) is 6.39. The summed E-state index contributed by atoms with van der Waals surface area (Å²) in [6, 6.07) is 9.75. The van der Waals surface area contributed by atoms with Crippen LogP contribution >= 0.6 is 23.1 Å². The molecule has 1 amide bonds. The van der Waals surface area contributed by atoms with Gasteiger partial charge in [-0.15, -0.1) is 21.5 Å². The summed E-state index contributed by atoms with van der Waals surface area (Å²) in [5.41, 5.74) is 2.50. The Labute approximate surface area is 177 Å². The van der Waals surface area contributed by atoms with E-state index >= 15 is 0 Å². The van der Waals surface area contributed by atoms with Gasteiger partial charge >= 0.3 is 5.97 Å². The molecule has 0 atom stereocenters. The Bertz CT molecular complexity index is 1040. The number of benzene rings is 1. The van der Waals surface area contributed by atoms with Gasteiger partial charge in [0.15, 0.2) is 11.0 Å². The molecule has 0 saturated carbocycles. The molecule has 9 heteroatoms. The molecule has 29 heavy (non-hydrogen) atoms. The molecule has 0 bridgehead atoms. The predicted octanol–water partition coefficient (Wildman–Crippen LogP) is 4.07. The lowest BCUT2D eigenvalue weighted by Crippen LogP contribution is -2.16. The molecule has 0 unspecified atom stereocenters. The van der Waals surface area contributed by atoms with Crippen LogP contribution in [0.5, 0.6) is 0 Å². The summed E-state index contributed by atoms with van der Waals surface area (Å²) in [7, 11) is 1.87. The fraction of sp³-hybridized carbons (Fsp3) is 0.300. The first kappa shape index (κ1) is 21.1. The third kappa shape index (κ3) is 5.04. The van der Waals surface area contributed by atoms with Gasteiger partial charge in [-0.05, 0) is 32.9 Å². The lowest BCUT2D eigenvalue weighted by molar-refractivity contribution is -0.113. The molecule has 1 aromatic carbocycles. The lowest BCUT2D eigenvalue weighted by atomic mass is 10.1. The van der Waals surface area contributed by atoms with E-state index in [0.29, 0.717) is 15.7 Å². The van der Waals surface area contributed by atoms with Crippen molar-refractivity contribution in [1.29, 1.82) is 0 Å². The number of rotatable bonds is 7. The minimum atomic E-state index is -0.434. The van der Waals surface area contributed by atoms with Gasteiger partial charge in [0, 0.05) is 17.5 Å². The average Bonchev–Trinajstić information content (AvgIpc) is 3.22. The number of ether oxygens (including phenoxy) is 1. The molecule has 0 aliphatic carbocycles. The highest BCUT2D eigenvalue weighted by Gasteiger charge is 2.19. The van der Waals surface area contributed by atoms with Crippen molar-refractivity contribution in [1.82, 2.24) is 14.8 Å². The van der Waals surface area contributed by atoms with E-state index in [4.69, 9.17) is 4.74 Å². The lowest BCUT2D eigenvalue weighted by Gasteiger charge is -2.06. The summed E-state index contributed by atoms with van der Waals surface area (Å²) < 4.78 is 6.92. The molecule has 0 spiro atoms. The number of amides is 1. The first-order chi connectivity index (χ1) is 13.9. The summed E-state index contributed by atoms with van der Waals surface area (Å²) in [6.07, 6.45) is 0. The highest BCUT2D eigenvalue weighted by Crippen LogP contribution is 2.29. The maximum absolute atomic E-state index is 12.4. The largest absolute Gasteiger partial charge is 0.462 e. The van der Waals surface area contributed by atoms with Crippen molar-refractivity contribution in [2.75, 3.05) is 17.7 Å². The summed E-state index contributed by atoms with van der Waals surface area (Å²) in [6.45, 7) is 5.94. The van der Waals surface area contributed by atoms with Crippen molar-refractivity contribution in [2.24, 2.45) is 7.05 Å². The van der Waals surface area contributed by atoms with Crippen LogP contribution in [0.15, 0.2) is 35.5 Å². The second kappa shape index (κ2) is 9.23. The van der Waals surface area contributed by atoms with Crippen LogP contribution in [0.25, 0.3) is 11.4 Å². The van der Waals surface area contributed by atoms with Crippen molar-refractivity contribution >= 4 is 40.0 Å². The van der Waals surface area contributed by atoms with Gasteiger partial charge in [0.05, 0.1) is 17.9 Å². The van der Waals surface area contributed by atoms with E-state index < -0.39 is 5.97 Å². The Kier molecular flexibility index (Phi) is 6.71. The van der Waals surface area contributed by atoms with Crippen molar-refractivity contribution in [3.8, 4) is 11.4 Å². The number of anilines is 1. The Hall–Kier alpha value is -2.65. The van der Waals surface area contributed by atoms with E-state index in [1.54, 1.807) is 13.0 Å². The van der Waals surface area contributed by atoms with Crippen LogP contribution in [-0.4, -0.2) is 39.0 Å². The summed E-state index contributed by atoms with van der Waals surface area (Å²) in [5, 5.41) is 12.4. The number of hydrogen-bond acceptors (Lipinski definition) is 7. The zero-order chi connectivity index (χ0) is 21.0. The molecule has 0 aliphatic heterocycles. The third-order valence-corrected chi connectivity index (χ3v) is 6.03. The first-order valence-electron chi connectivity index (χ1n) is 9.05. The normalized spacial score (nSPS) is 10.8. The molecule has 7 nitrogen and oxygen atoms in total. The average molecular weight is 431 g/mol. The van der Waals surface area contributed by atoms with Gasteiger partial charge in [-0.1, -0.05) is 35.5 Å².